The van der Waals surface area contributed by atoms with Crippen LogP contribution in [0.2, 0.25) is 0 Å². The number of Topliss-reactive ketones (excluding diaryl/α,β-unsaturated/α-hetero) is 1. The summed E-state index contributed by atoms with van der Waals surface area (Å²) in [6.07, 6.45) is 6.88. The van der Waals surface area contributed by atoms with Crippen LogP contribution >= 0.6 is 0 Å². The minimum Gasteiger partial charge on any atom is -0.299 e. The monoisotopic (exact) mass is 336 g/mol. The molecule has 1 atom stereocenters. The van der Waals surface area contributed by atoms with Crippen LogP contribution < -0.4 is 0 Å². The van der Waals surface area contributed by atoms with E-state index in [0.717, 1.165) is 12.8 Å². The highest BCUT2D eigenvalue weighted by Crippen LogP contribution is 2.48. The molecule has 0 saturated heterocycles. The smallest absolute Gasteiger partial charge is 0.141 e. The van der Waals surface area contributed by atoms with Gasteiger partial charge in [0.05, 0.1) is 0 Å². The maximum Gasteiger partial charge on any atom is 0.141 e. The van der Waals surface area contributed by atoms with Gasteiger partial charge in [0.2, 0.25) is 0 Å². The lowest BCUT2D eigenvalue weighted by atomic mass is 9.59. The van der Waals surface area contributed by atoms with E-state index in [-0.39, 0.29) is 22.2 Å². The summed E-state index contributed by atoms with van der Waals surface area (Å²) in [7, 11) is 0. The van der Waals surface area contributed by atoms with Gasteiger partial charge in [0.25, 0.3) is 0 Å². The zero-order chi connectivity index (χ0) is 19.6. The summed E-state index contributed by atoms with van der Waals surface area (Å²) < 4.78 is 0. The molecule has 0 N–H and O–H groups in total. The number of carbonyl (C=O) groups excluding carboxylic acids is 1. The van der Waals surface area contributed by atoms with Gasteiger partial charge in [-0.05, 0) is 35.0 Å². The minimum atomic E-state index is -0.267. The van der Waals surface area contributed by atoms with Crippen LogP contribution in [0, 0.1) is 33.5 Å². The van der Waals surface area contributed by atoms with Gasteiger partial charge in [-0.15, -0.1) is 0 Å². The van der Waals surface area contributed by atoms with Crippen molar-refractivity contribution in [3.63, 3.8) is 0 Å². The Kier molecular flexibility index (Phi) is 7.56. The molecule has 0 amide bonds. The zero-order valence-electron chi connectivity index (χ0n) is 18.6. The van der Waals surface area contributed by atoms with E-state index in [2.05, 4.69) is 81.4 Å². The Bertz CT molecular complexity index is 441. The fraction of sp³-hybridized carbons (Fsp3) is 0.870. The Hall–Kier alpha value is -0.590. The molecule has 0 rings (SSSR count). The Labute approximate surface area is 152 Å². The van der Waals surface area contributed by atoms with E-state index in [4.69, 9.17) is 0 Å². The van der Waals surface area contributed by atoms with Crippen LogP contribution in [0.25, 0.3) is 0 Å². The Morgan fingerprint density at radius 3 is 1.71 bits per heavy atom. The third-order valence-electron chi connectivity index (χ3n) is 6.22. The van der Waals surface area contributed by atoms with E-state index in [1.54, 1.807) is 0 Å². The Morgan fingerprint density at radius 2 is 1.33 bits per heavy atom. The Morgan fingerprint density at radius 1 is 0.875 bits per heavy atom. The lowest BCUT2D eigenvalue weighted by molar-refractivity contribution is -0.133. The quantitative estimate of drug-likeness (QED) is 0.425. The SMILES string of the molecule is CC(C)C(=O)C(C)(C)C(C)CC(C)(C)C(C)(C)C=CCC(C)(C)C. The molecule has 0 aromatic heterocycles. The van der Waals surface area contributed by atoms with Crippen molar-refractivity contribution in [1.82, 2.24) is 0 Å². The van der Waals surface area contributed by atoms with Gasteiger partial charge in [-0.2, -0.15) is 0 Å². The van der Waals surface area contributed by atoms with E-state index in [1.165, 1.54) is 0 Å². The van der Waals surface area contributed by atoms with E-state index < -0.39 is 0 Å². The third-order valence-corrected chi connectivity index (χ3v) is 6.22. The van der Waals surface area contributed by atoms with Crippen LogP contribution in [0.4, 0.5) is 0 Å². The molecule has 0 fully saturated rings. The second-order valence-corrected chi connectivity index (χ2v) is 11.1. The van der Waals surface area contributed by atoms with Gasteiger partial charge >= 0.3 is 0 Å². The molecule has 0 aromatic carbocycles. The highest BCUT2D eigenvalue weighted by molar-refractivity contribution is 5.86. The second-order valence-electron chi connectivity index (χ2n) is 11.1. The summed E-state index contributed by atoms with van der Waals surface area (Å²) in [5.74, 6) is 0.842. The molecule has 0 aliphatic heterocycles. The molecular weight excluding hydrogens is 292 g/mol. The fourth-order valence-electron chi connectivity index (χ4n) is 3.20. The number of rotatable bonds is 8. The molecule has 142 valence electrons. The van der Waals surface area contributed by atoms with Crippen molar-refractivity contribution in [3.05, 3.63) is 12.2 Å². The molecule has 1 unspecified atom stereocenters. The van der Waals surface area contributed by atoms with Gasteiger partial charge in [-0.25, -0.2) is 0 Å². The lowest BCUT2D eigenvalue weighted by Crippen LogP contribution is -2.40. The zero-order valence-corrected chi connectivity index (χ0v) is 18.6. The highest BCUT2D eigenvalue weighted by atomic mass is 16.1. The van der Waals surface area contributed by atoms with Gasteiger partial charge < -0.3 is 0 Å². The summed E-state index contributed by atoms with van der Waals surface area (Å²) in [4.78, 5) is 12.6. The first kappa shape index (κ1) is 23.4. The fourth-order valence-corrected chi connectivity index (χ4v) is 3.20. The van der Waals surface area contributed by atoms with Crippen LogP contribution in [0.5, 0.6) is 0 Å². The van der Waals surface area contributed by atoms with Gasteiger partial charge in [-0.1, -0.05) is 95.2 Å². The van der Waals surface area contributed by atoms with Gasteiger partial charge in [0, 0.05) is 11.3 Å². The van der Waals surface area contributed by atoms with Crippen molar-refractivity contribution < 1.29 is 4.79 Å². The van der Waals surface area contributed by atoms with Gasteiger partial charge in [0.15, 0.2) is 0 Å². The van der Waals surface area contributed by atoms with E-state index >= 15 is 0 Å². The van der Waals surface area contributed by atoms with Crippen LogP contribution in [0.15, 0.2) is 12.2 Å². The molecule has 0 aliphatic rings. The van der Waals surface area contributed by atoms with E-state index in [0.29, 0.717) is 17.1 Å². The molecule has 1 heteroatoms. The summed E-state index contributed by atoms with van der Waals surface area (Å²) in [5, 5.41) is 0. The molecule has 0 aliphatic carbocycles. The van der Waals surface area contributed by atoms with Crippen LogP contribution in [0.3, 0.4) is 0 Å². The second kappa shape index (κ2) is 7.75. The average molecular weight is 337 g/mol. The van der Waals surface area contributed by atoms with Crippen LogP contribution in [0.1, 0.15) is 95.9 Å². The van der Waals surface area contributed by atoms with Crippen molar-refractivity contribution in [3.8, 4) is 0 Å². The standard InChI is InChI=1S/C23H44O/c1-17(2)19(24)23(11,12)18(3)16-22(9,10)21(7,8)15-13-14-20(4,5)6/h13,15,17-18H,14,16H2,1-12H3. The van der Waals surface area contributed by atoms with Crippen molar-refractivity contribution in [1.29, 1.82) is 0 Å². The number of hydrogen-bond donors (Lipinski definition) is 0. The largest absolute Gasteiger partial charge is 0.299 e. The summed E-state index contributed by atoms with van der Waals surface area (Å²) in [5.41, 5.74) is 0.297. The maximum atomic E-state index is 12.6. The molecule has 0 saturated carbocycles. The summed E-state index contributed by atoms with van der Waals surface area (Å²) in [6, 6.07) is 0. The van der Waals surface area contributed by atoms with E-state index in [9.17, 15) is 4.79 Å². The summed E-state index contributed by atoms with van der Waals surface area (Å²) >= 11 is 0. The molecule has 0 spiro atoms. The van der Waals surface area contributed by atoms with Crippen molar-refractivity contribution in [2.75, 3.05) is 0 Å². The topological polar surface area (TPSA) is 17.1 Å². The normalized spacial score (nSPS) is 16.0. The predicted octanol–water partition coefficient (Wildman–Crippen LogP) is 7.31. The summed E-state index contributed by atoms with van der Waals surface area (Å²) in [6.45, 7) is 26.7. The first-order valence-electron chi connectivity index (χ1n) is 9.66. The number of carbonyl (C=O) groups is 1. The van der Waals surface area contributed by atoms with Crippen LogP contribution in [-0.2, 0) is 4.79 Å². The third kappa shape index (κ3) is 6.37. The van der Waals surface area contributed by atoms with Crippen molar-refractivity contribution in [2.24, 2.45) is 33.5 Å². The predicted molar refractivity (Wildman–Crippen MR) is 108 cm³/mol. The molecular formula is C23H44O. The molecule has 1 nitrogen and oxygen atoms in total. The first-order chi connectivity index (χ1) is 10.4. The number of allylic oxidation sites excluding steroid dienone is 2. The molecule has 0 aromatic rings. The number of hydrogen-bond acceptors (Lipinski definition) is 1. The van der Waals surface area contributed by atoms with E-state index in [1.807, 2.05) is 13.8 Å². The van der Waals surface area contributed by atoms with Crippen molar-refractivity contribution in [2.45, 2.75) is 95.9 Å². The average Bonchev–Trinajstić information content (AvgIpc) is 2.34. The lowest BCUT2D eigenvalue weighted by Gasteiger charge is -2.45. The molecule has 0 heterocycles. The number of ketones is 1. The maximum absolute atomic E-state index is 12.6. The van der Waals surface area contributed by atoms with Crippen LogP contribution in [-0.4, -0.2) is 5.78 Å². The minimum absolute atomic E-state index is 0.101. The van der Waals surface area contributed by atoms with Gasteiger partial charge in [0.1, 0.15) is 5.78 Å². The van der Waals surface area contributed by atoms with Crippen molar-refractivity contribution >= 4 is 5.78 Å². The molecule has 0 bridgehead atoms. The first-order valence-corrected chi connectivity index (χ1v) is 9.66. The molecule has 0 radical (unpaired) electrons. The molecule has 24 heavy (non-hydrogen) atoms. The van der Waals surface area contributed by atoms with Gasteiger partial charge in [-0.3, -0.25) is 4.79 Å². The Balaban J connectivity index is 5.20. The highest BCUT2D eigenvalue weighted by Gasteiger charge is 2.42.